The molecule has 25 heavy (non-hydrogen) atoms. The van der Waals surface area contributed by atoms with E-state index in [4.69, 9.17) is 23.2 Å². The minimum absolute atomic E-state index is 0.0308. The predicted octanol–water partition coefficient (Wildman–Crippen LogP) is 4.25. The molecule has 0 aromatic heterocycles. The Bertz CT molecular complexity index is 925. The Balaban J connectivity index is 1.63. The third-order valence-electron chi connectivity index (χ3n) is 4.66. The van der Waals surface area contributed by atoms with E-state index in [1.54, 1.807) is 18.2 Å². The minimum Gasteiger partial charge on any atom is -0.325 e. The lowest BCUT2D eigenvalue weighted by atomic mass is 9.85. The van der Waals surface area contributed by atoms with E-state index >= 15 is 0 Å². The van der Waals surface area contributed by atoms with Gasteiger partial charge in [-0.05, 0) is 55.2 Å². The van der Waals surface area contributed by atoms with Crippen molar-refractivity contribution in [2.45, 2.75) is 19.3 Å². The van der Waals surface area contributed by atoms with E-state index in [1.807, 2.05) is 12.2 Å². The molecule has 6 heteroatoms. The molecule has 1 unspecified atom stereocenters. The third-order valence-corrected chi connectivity index (χ3v) is 5.21. The van der Waals surface area contributed by atoms with Crippen molar-refractivity contribution in [3.8, 4) is 0 Å². The second-order valence-electron chi connectivity index (χ2n) is 6.21. The Labute approximate surface area is 154 Å². The SMILES string of the molecule is O=C1NC2=CC(=NC(=O)c3ccc(Cl)cc3Cl)C=CC2C2=C1CCC2. The van der Waals surface area contributed by atoms with Gasteiger partial charge in [-0.1, -0.05) is 29.3 Å². The quantitative estimate of drug-likeness (QED) is 0.800. The van der Waals surface area contributed by atoms with Gasteiger partial charge in [0, 0.05) is 22.2 Å². The van der Waals surface area contributed by atoms with Crippen LogP contribution in [-0.4, -0.2) is 17.5 Å². The first-order valence-electron chi connectivity index (χ1n) is 8.04. The number of hydrogen-bond donors (Lipinski definition) is 1. The van der Waals surface area contributed by atoms with Gasteiger partial charge in [0.15, 0.2) is 0 Å². The van der Waals surface area contributed by atoms with Gasteiger partial charge in [-0.15, -0.1) is 0 Å². The van der Waals surface area contributed by atoms with Crippen molar-refractivity contribution in [2.75, 3.05) is 0 Å². The van der Waals surface area contributed by atoms with Crippen LogP contribution in [0.1, 0.15) is 29.6 Å². The van der Waals surface area contributed by atoms with Crippen molar-refractivity contribution in [3.63, 3.8) is 0 Å². The maximum Gasteiger partial charge on any atom is 0.279 e. The first kappa shape index (κ1) is 16.3. The van der Waals surface area contributed by atoms with Crippen LogP contribution in [0.5, 0.6) is 0 Å². The molecule has 1 aliphatic heterocycles. The second-order valence-corrected chi connectivity index (χ2v) is 7.06. The average molecular weight is 373 g/mol. The van der Waals surface area contributed by atoms with Crippen LogP contribution in [0.2, 0.25) is 10.0 Å². The topological polar surface area (TPSA) is 58.5 Å². The molecule has 4 nitrogen and oxygen atoms in total. The minimum atomic E-state index is -0.445. The zero-order chi connectivity index (χ0) is 17.6. The van der Waals surface area contributed by atoms with Crippen molar-refractivity contribution in [3.05, 3.63) is 68.9 Å². The molecule has 0 bridgehead atoms. The Hall–Kier alpha value is -2.17. The molecule has 126 valence electrons. The maximum absolute atomic E-state index is 12.4. The van der Waals surface area contributed by atoms with Crippen LogP contribution in [0.4, 0.5) is 0 Å². The smallest absolute Gasteiger partial charge is 0.279 e. The van der Waals surface area contributed by atoms with Gasteiger partial charge < -0.3 is 5.32 Å². The fourth-order valence-corrected chi connectivity index (χ4v) is 3.99. The molecule has 2 aliphatic carbocycles. The largest absolute Gasteiger partial charge is 0.325 e. The molecule has 3 aliphatic rings. The van der Waals surface area contributed by atoms with Crippen molar-refractivity contribution in [1.29, 1.82) is 0 Å². The van der Waals surface area contributed by atoms with Gasteiger partial charge in [0.2, 0.25) is 0 Å². The molecule has 2 amide bonds. The standard InChI is InChI=1S/C19H14Cl2N2O2/c20-10-4-6-15(16(21)8-10)19(25)22-11-5-7-13-12-2-1-3-14(12)18(24)23-17(13)9-11/h4-9,13H,1-3H2,(H,23,24). The molecular weight excluding hydrogens is 359 g/mol. The number of halogens is 2. The zero-order valence-corrected chi connectivity index (χ0v) is 14.7. The Kier molecular flexibility index (Phi) is 4.10. The summed E-state index contributed by atoms with van der Waals surface area (Å²) in [6, 6.07) is 4.66. The molecule has 0 fully saturated rings. The highest BCUT2D eigenvalue weighted by Gasteiger charge is 2.34. The fourth-order valence-electron chi connectivity index (χ4n) is 3.50. The monoisotopic (exact) mass is 372 g/mol. The molecular formula is C19H14Cl2N2O2. The highest BCUT2D eigenvalue weighted by Crippen LogP contribution is 2.39. The number of fused-ring (bicyclic) bond motifs is 2. The van der Waals surface area contributed by atoms with Gasteiger partial charge in [0.1, 0.15) is 0 Å². The number of carbonyl (C=O) groups is 2. The van der Waals surface area contributed by atoms with Gasteiger partial charge in [-0.25, -0.2) is 4.99 Å². The van der Waals surface area contributed by atoms with E-state index in [9.17, 15) is 9.59 Å². The van der Waals surface area contributed by atoms with Crippen LogP contribution in [0.3, 0.4) is 0 Å². The van der Waals surface area contributed by atoms with E-state index < -0.39 is 5.91 Å². The van der Waals surface area contributed by atoms with Crippen molar-refractivity contribution in [2.24, 2.45) is 10.9 Å². The highest BCUT2D eigenvalue weighted by molar-refractivity contribution is 6.37. The highest BCUT2D eigenvalue weighted by atomic mass is 35.5. The summed E-state index contributed by atoms with van der Waals surface area (Å²) in [6.45, 7) is 0. The fraction of sp³-hybridized carbons (Fsp3) is 0.211. The van der Waals surface area contributed by atoms with E-state index in [0.29, 0.717) is 16.3 Å². The molecule has 1 aromatic carbocycles. The molecule has 0 saturated carbocycles. The van der Waals surface area contributed by atoms with E-state index in [0.717, 1.165) is 30.5 Å². The first-order chi connectivity index (χ1) is 12.0. The molecule has 0 saturated heterocycles. The Morgan fingerprint density at radius 3 is 2.88 bits per heavy atom. The molecule has 1 atom stereocenters. The first-order valence-corrected chi connectivity index (χ1v) is 8.79. The van der Waals surface area contributed by atoms with Gasteiger partial charge in [0.05, 0.1) is 16.3 Å². The number of hydrogen-bond acceptors (Lipinski definition) is 2. The van der Waals surface area contributed by atoms with E-state index in [2.05, 4.69) is 10.3 Å². The van der Waals surface area contributed by atoms with Gasteiger partial charge in [0.25, 0.3) is 11.8 Å². The summed E-state index contributed by atoms with van der Waals surface area (Å²) in [7, 11) is 0. The summed E-state index contributed by atoms with van der Waals surface area (Å²) in [5.74, 6) is -0.389. The van der Waals surface area contributed by atoms with Crippen molar-refractivity contribution < 1.29 is 9.59 Å². The van der Waals surface area contributed by atoms with E-state index in [-0.39, 0.29) is 16.8 Å². The molecule has 1 aromatic rings. The van der Waals surface area contributed by atoms with Crippen molar-refractivity contribution in [1.82, 2.24) is 5.32 Å². The molecule has 1 heterocycles. The molecule has 0 radical (unpaired) electrons. The number of allylic oxidation sites excluding steroid dienone is 3. The molecule has 4 rings (SSSR count). The number of carbonyl (C=O) groups excluding carboxylic acids is 2. The maximum atomic E-state index is 12.4. The summed E-state index contributed by atoms with van der Waals surface area (Å²) >= 11 is 11.9. The van der Waals surface area contributed by atoms with Crippen LogP contribution in [0.15, 0.2) is 58.3 Å². The number of aliphatic imine (C=N–C) groups is 1. The Morgan fingerprint density at radius 1 is 1.24 bits per heavy atom. The summed E-state index contributed by atoms with van der Waals surface area (Å²) in [5.41, 5.74) is 3.67. The average Bonchev–Trinajstić information content (AvgIpc) is 3.05. The summed E-state index contributed by atoms with van der Waals surface area (Å²) in [4.78, 5) is 28.7. The van der Waals surface area contributed by atoms with Crippen molar-refractivity contribution >= 4 is 40.7 Å². The summed E-state index contributed by atoms with van der Waals surface area (Å²) in [6.07, 6.45) is 8.37. The van der Waals surface area contributed by atoms with Gasteiger partial charge in [-0.2, -0.15) is 0 Å². The third kappa shape index (κ3) is 2.96. The zero-order valence-electron chi connectivity index (χ0n) is 13.2. The second kappa shape index (κ2) is 6.28. The number of amides is 2. The number of rotatable bonds is 1. The molecule has 1 N–H and O–H groups in total. The summed E-state index contributed by atoms with van der Waals surface area (Å²) < 4.78 is 0. The van der Waals surface area contributed by atoms with Crippen LogP contribution in [0, 0.1) is 5.92 Å². The van der Waals surface area contributed by atoms with Crippen LogP contribution in [0.25, 0.3) is 0 Å². The lowest BCUT2D eigenvalue weighted by Gasteiger charge is -2.28. The van der Waals surface area contributed by atoms with Crippen LogP contribution < -0.4 is 5.32 Å². The van der Waals surface area contributed by atoms with E-state index in [1.165, 1.54) is 11.6 Å². The van der Waals surface area contributed by atoms with Gasteiger partial charge >= 0.3 is 0 Å². The molecule has 0 spiro atoms. The van der Waals surface area contributed by atoms with Crippen LogP contribution in [-0.2, 0) is 4.79 Å². The Morgan fingerprint density at radius 2 is 2.08 bits per heavy atom. The van der Waals surface area contributed by atoms with Gasteiger partial charge in [-0.3, -0.25) is 9.59 Å². The van der Waals surface area contributed by atoms with Crippen LogP contribution >= 0.6 is 23.2 Å². The number of benzene rings is 1. The lowest BCUT2D eigenvalue weighted by Crippen LogP contribution is -2.35. The normalized spacial score (nSPS) is 23.3. The lowest BCUT2D eigenvalue weighted by molar-refractivity contribution is -0.117. The number of nitrogens with one attached hydrogen (secondary N) is 1. The predicted molar refractivity (Wildman–Crippen MR) is 98.0 cm³/mol. The summed E-state index contributed by atoms with van der Waals surface area (Å²) in [5, 5.41) is 3.65. The number of nitrogens with zero attached hydrogens (tertiary/aromatic N) is 1.